The number of β-amino-alcohol motifs (C(OH)–C–C–N with tert-alkyl or cyclic N) is 1. The summed E-state index contributed by atoms with van der Waals surface area (Å²) in [5, 5.41) is 9.18. The van der Waals surface area contributed by atoms with E-state index in [9.17, 15) is 23.1 Å². The summed E-state index contributed by atoms with van der Waals surface area (Å²) in [6.45, 7) is -0.326. The number of aliphatic hydroxyl groups is 1. The molecule has 1 fully saturated rings. The summed E-state index contributed by atoms with van der Waals surface area (Å²) in [6, 6.07) is 3.56. The molecule has 0 aromatic heterocycles. The van der Waals surface area contributed by atoms with Gasteiger partial charge in [-0.25, -0.2) is 13.2 Å². The topological polar surface area (TPSA) is 40.5 Å². The molecule has 0 bridgehead atoms. The number of aliphatic hydroxyl groups excluding tert-OH is 1. The van der Waals surface area contributed by atoms with Crippen LogP contribution in [-0.4, -0.2) is 41.3 Å². The van der Waals surface area contributed by atoms with Crippen LogP contribution >= 0.6 is 0 Å². The lowest BCUT2D eigenvalue weighted by Crippen LogP contribution is -2.31. The van der Waals surface area contributed by atoms with Crippen molar-refractivity contribution in [3.8, 4) is 0 Å². The summed E-state index contributed by atoms with van der Waals surface area (Å²) in [5.41, 5.74) is -0.0724. The molecule has 0 unspecified atom stereocenters. The van der Waals surface area contributed by atoms with Crippen LogP contribution in [0, 0.1) is 11.6 Å². The van der Waals surface area contributed by atoms with E-state index in [4.69, 9.17) is 0 Å². The predicted molar refractivity (Wildman–Crippen MR) is 57.5 cm³/mol. The number of alkyl halides is 1. The maximum absolute atomic E-state index is 13.3. The Labute approximate surface area is 102 Å². The molecule has 0 aliphatic carbocycles. The monoisotopic (exact) mass is 259 g/mol. The molecule has 1 aromatic carbocycles. The van der Waals surface area contributed by atoms with Gasteiger partial charge in [0.1, 0.15) is 12.3 Å². The minimum Gasteiger partial charge on any atom is -0.388 e. The Bertz CT molecular complexity index is 457. The van der Waals surface area contributed by atoms with Crippen LogP contribution in [0.4, 0.5) is 13.2 Å². The Kier molecular flexibility index (Phi) is 3.56. The average Bonchev–Trinajstić information content (AvgIpc) is 2.66. The lowest BCUT2D eigenvalue weighted by Gasteiger charge is -2.15. The van der Waals surface area contributed by atoms with Gasteiger partial charge in [0.15, 0.2) is 11.6 Å². The van der Waals surface area contributed by atoms with Crippen molar-refractivity contribution in [1.82, 2.24) is 4.90 Å². The summed E-state index contributed by atoms with van der Waals surface area (Å²) >= 11 is 0. The largest absolute Gasteiger partial charge is 0.388 e. The van der Waals surface area contributed by atoms with E-state index in [1.807, 2.05) is 0 Å². The predicted octanol–water partition coefficient (Wildman–Crippen LogP) is 1.05. The quantitative estimate of drug-likeness (QED) is 0.862. The highest BCUT2D eigenvalue weighted by Gasteiger charge is 2.34. The number of likely N-dealkylation sites (tertiary alicyclic amines) is 1. The van der Waals surface area contributed by atoms with Crippen molar-refractivity contribution in [3.63, 3.8) is 0 Å². The first kappa shape index (κ1) is 12.9. The standard InChI is InChI=1S/C12H12F3NO2/c13-8-3-1-2-7(12(8)15)4-11(18)16-5-9(14)10(17)6-16/h1-3,9-10,17H,4-6H2/t9-,10-/m1/s1. The minimum absolute atomic E-state index is 0.0724. The van der Waals surface area contributed by atoms with Gasteiger partial charge in [0.2, 0.25) is 5.91 Å². The number of amides is 1. The smallest absolute Gasteiger partial charge is 0.227 e. The molecular formula is C12H12F3NO2. The molecule has 18 heavy (non-hydrogen) atoms. The van der Waals surface area contributed by atoms with Crippen molar-refractivity contribution in [3.05, 3.63) is 35.4 Å². The lowest BCUT2D eigenvalue weighted by atomic mass is 10.1. The number of hydrogen-bond donors (Lipinski definition) is 1. The minimum atomic E-state index is -1.48. The molecule has 1 N–H and O–H groups in total. The van der Waals surface area contributed by atoms with Gasteiger partial charge in [-0.2, -0.15) is 0 Å². The maximum atomic E-state index is 13.3. The SMILES string of the molecule is O=C(Cc1cccc(F)c1F)N1C[C@@H](O)[C@H](F)C1. The van der Waals surface area contributed by atoms with Gasteiger partial charge < -0.3 is 10.0 Å². The molecule has 1 heterocycles. The Morgan fingerprint density at radius 2 is 2.11 bits per heavy atom. The lowest BCUT2D eigenvalue weighted by molar-refractivity contribution is -0.129. The zero-order valence-electron chi connectivity index (χ0n) is 9.44. The second kappa shape index (κ2) is 4.97. The van der Waals surface area contributed by atoms with Crippen molar-refractivity contribution < 1.29 is 23.1 Å². The van der Waals surface area contributed by atoms with Gasteiger partial charge in [-0.3, -0.25) is 4.79 Å². The van der Waals surface area contributed by atoms with Gasteiger partial charge in [0.25, 0.3) is 0 Å². The molecule has 3 nitrogen and oxygen atoms in total. The van der Waals surface area contributed by atoms with Crippen molar-refractivity contribution in [2.75, 3.05) is 13.1 Å². The molecular weight excluding hydrogens is 247 g/mol. The second-order valence-electron chi connectivity index (χ2n) is 4.27. The van der Waals surface area contributed by atoms with Crippen molar-refractivity contribution in [2.24, 2.45) is 0 Å². The number of carbonyl (C=O) groups excluding carboxylic acids is 1. The van der Waals surface area contributed by atoms with Crippen LogP contribution < -0.4 is 0 Å². The van der Waals surface area contributed by atoms with Gasteiger partial charge in [-0.1, -0.05) is 12.1 Å². The van der Waals surface area contributed by atoms with E-state index in [0.29, 0.717) is 0 Å². The van der Waals surface area contributed by atoms with Gasteiger partial charge in [-0.15, -0.1) is 0 Å². The number of halogens is 3. The van der Waals surface area contributed by atoms with E-state index in [0.717, 1.165) is 11.0 Å². The number of hydrogen-bond acceptors (Lipinski definition) is 2. The fraction of sp³-hybridized carbons (Fsp3) is 0.417. The molecule has 0 spiro atoms. The third kappa shape index (κ3) is 2.48. The first-order valence-corrected chi connectivity index (χ1v) is 5.52. The van der Waals surface area contributed by atoms with Crippen LogP contribution in [-0.2, 0) is 11.2 Å². The molecule has 6 heteroatoms. The summed E-state index contributed by atoms with van der Waals surface area (Å²) in [7, 11) is 0. The van der Waals surface area contributed by atoms with E-state index >= 15 is 0 Å². The summed E-state index contributed by atoms with van der Waals surface area (Å²) in [4.78, 5) is 12.8. The van der Waals surface area contributed by atoms with Crippen molar-refractivity contribution in [1.29, 1.82) is 0 Å². The Morgan fingerprint density at radius 3 is 2.72 bits per heavy atom. The summed E-state index contributed by atoms with van der Waals surface area (Å²) < 4.78 is 39.3. The third-order valence-corrected chi connectivity index (χ3v) is 2.95. The van der Waals surface area contributed by atoms with E-state index in [2.05, 4.69) is 0 Å². The average molecular weight is 259 g/mol. The molecule has 1 amide bonds. The van der Waals surface area contributed by atoms with Crippen LogP contribution in [0.3, 0.4) is 0 Å². The van der Waals surface area contributed by atoms with Crippen LogP contribution in [0.1, 0.15) is 5.56 Å². The van der Waals surface area contributed by atoms with Crippen LogP contribution in [0.2, 0.25) is 0 Å². The Hall–Kier alpha value is -1.56. The maximum Gasteiger partial charge on any atom is 0.227 e. The first-order chi connectivity index (χ1) is 8.49. The molecule has 98 valence electrons. The van der Waals surface area contributed by atoms with Gasteiger partial charge in [-0.05, 0) is 6.07 Å². The number of carbonyl (C=O) groups is 1. The van der Waals surface area contributed by atoms with Crippen molar-refractivity contribution in [2.45, 2.75) is 18.7 Å². The molecule has 2 rings (SSSR count). The van der Waals surface area contributed by atoms with Crippen LogP contribution in [0.15, 0.2) is 18.2 Å². The van der Waals surface area contributed by atoms with Crippen molar-refractivity contribution >= 4 is 5.91 Å². The van der Waals surface area contributed by atoms with Crippen LogP contribution in [0.5, 0.6) is 0 Å². The van der Waals surface area contributed by atoms with E-state index in [-0.39, 0.29) is 25.1 Å². The molecule has 1 saturated heterocycles. The summed E-state index contributed by atoms with van der Waals surface area (Å²) in [5.74, 6) is -2.62. The highest BCUT2D eigenvalue weighted by molar-refractivity contribution is 5.79. The van der Waals surface area contributed by atoms with Gasteiger partial charge in [0, 0.05) is 12.1 Å². The van der Waals surface area contributed by atoms with Gasteiger partial charge in [0.05, 0.1) is 13.0 Å². The van der Waals surface area contributed by atoms with E-state index in [1.54, 1.807) is 0 Å². The highest BCUT2D eigenvalue weighted by atomic mass is 19.2. The zero-order valence-corrected chi connectivity index (χ0v) is 9.44. The molecule has 1 aliphatic heterocycles. The second-order valence-corrected chi connectivity index (χ2v) is 4.27. The molecule has 2 atom stereocenters. The fourth-order valence-corrected chi connectivity index (χ4v) is 1.91. The van der Waals surface area contributed by atoms with Gasteiger partial charge >= 0.3 is 0 Å². The van der Waals surface area contributed by atoms with E-state index < -0.39 is 29.8 Å². The number of rotatable bonds is 2. The molecule has 0 radical (unpaired) electrons. The third-order valence-electron chi connectivity index (χ3n) is 2.95. The zero-order chi connectivity index (χ0) is 13.3. The molecule has 1 aliphatic rings. The Morgan fingerprint density at radius 1 is 1.39 bits per heavy atom. The molecule has 0 saturated carbocycles. The fourth-order valence-electron chi connectivity index (χ4n) is 1.91. The summed E-state index contributed by atoms with van der Waals surface area (Å²) in [6.07, 6.45) is -3.03. The first-order valence-electron chi connectivity index (χ1n) is 5.52. The normalized spacial score (nSPS) is 23.4. The van der Waals surface area contributed by atoms with E-state index in [1.165, 1.54) is 12.1 Å². The molecule has 1 aromatic rings. The number of benzene rings is 1. The highest BCUT2D eigenvalue weighted by Crippen LogP contribution is 2.17. The number of nitrogens with zero attached hydrogens (tertiary/aromatic N) is 1. The van der Waals surface area contributed by atoms with Crippen LogP contribution in [0.25, 0.3) is 0 Å². The Balaban J connectivity index is 2.06.